The van der Waals surface area contributed by atoms with Crippen molar-refractivity contribution in [3.8, 4) is 6.07 Å². The molecule has 1 aromatic carbocycles. The maximum absolute atomic E-state index is 12.0. The third kappa shape index (κ3) is 3.27. The minimum Gasteiger partial charge on any atom is -0.354 e. The fourth-order valence-electron chi connectivity index (χ4n) is 2.02. The summed E-state index contributed by atoms with van der Waals surface area (Å²) in [4.78, 5) is 12.0. The highest BCUT2D eigenvalue weighted by Gasteiger charge is 2.22. The van der Waals surface area contributed by atoms with Gasteiger partial charge >= 0.3 is 0 Å². The van der Waals surface area contributed by atoms with Gasteiger partial charge in [0.15, 0.2) is 0 Å². The zero-order chi connectivity index (χ0) is 12.8. The zero-order valence-corrected chi connectivity index (χ0v) is 11.0. The van der Waals surface area contributed by atoms with Crippen LogP contribution in [-0.4, -0.2) is 24.0 Å². The Labute approximate surface area is 112 Å². The first-order valence-corrected chi connectivity index (χ1v) is 7.26. The molecule has 0 radical (unpaired) electrons. The lowest BCUT2D eigenvalue weighted by molar-refractivity contribution is -0.121. The van der Waals surface area contributed by atoms with Crippen molar-refractivity contribution >= 4 is 17.7 Å². The van der Waals surface area contributed by atoms with Gasteiger partial charge in [0.05, 0.1) is 6.07 Å². The van der Waals surface area contributed by atoms with Gasteiger partial charge in [-0.2, -0.15) is 17.0 Å². The van der Waals surface area contributed by atoms with Crippen LogP contribution in [0, 0.1) is 17.2 Å². The van der Waals surface area contributed by atoms with Gasteiger partial charge in [-0.25, -0.2) is 0 Å². The van der Waals surface area contributed by atoms with Crippen LogP contribution >= 0.6 is 11.8 Å². The summed E-state index contributed by atoms with van der Waals surface area (Å²) in [5.74, 6) is 1.99. The van der Waals surface area contributed by atoms with E-state index in [1.807, 2.05) is 42.1 Å². The molecule has 0 aliphatic carbocycles. The molecule has 1 aliphatic heterocycles. The van der Waals surface area contributed by atoms with E-state index < -0.39 is 5.92 Å². The van der Waals surface area contributed by atoms with Crippen LogP contribution in [0.25, 0.3) is 0 Å². The summed E-state index contributed by atoms with van der Waals surface area (Å²) in [6.07, 6.45) is 1.16. The van der Waals surface area contributed by atoms with E-state index in [-0.39, 0.29) is 5.91 Å². The van der Waals surface area contributed by atoms with Crippen LogP contribution in [0.5, 0.6) is 0 Å². The highest BCUT2D eigenvalue weighted by molar-refractivity contribution is 7.99. The van der Waals surface area contributed by atoms with Crippen molar-refractivity contribution in [3.63, 3.8) is 0 Å². The van der Waals surface area contributed by atoms with E-state index in [0.717, 1.165) is 17.7 Å². The van der Waals surface area contributed by atoms with Crippen LogP contribution in [-0.2, 0) is 4.79 Å². The van der Waals surface area contributed by atoms with E-state index in [2.05, 4.69) is 11.4 Å². The van der Waals surface area contributed by atoms with E-state index >= 15 is 0 Å². The number of thioether (sulfide) groups is 1. The third-order valence-corrected chi connectivity index (χ3v) is 4.34. The molecule has 1 aliphatic rings. The molecule has 1 fully saturated rings. The highest BCUT2D eigenvalue weighted by atomic mass is 32.2. The maximum Gasteiger partial charge on any atom is 0.241 e. The number of hydrogen-bond donors (Lipinski definition) is 1. The van der Waals surface area contributed by atoms with Crippen molar-refractivity contribution in [2.24, 2.45) is 5.92 Å². The van der Waals surface area contributed by atoms with Crippen molar-refractivity contribution in [2.75, 3.05) is 18.1 Å². The fraction of sp³-hybridized carbons (Fsp3) is 0.429. The van der Waals surface area contributed by atoms with Crippen molar-refractivity contribution in [3.05, 3.63) is 35.9 Å². The second kappa shape index (κ2) is 6.46. The topological polar surface area (TPSA) is 52.9 Å². The van der Waals surface area contributed by atoms with Crippen molar-refractivity contribution in [1.82, 2.24) is 5.32 Å². The number of carbonyl (C=O) groups is 1. The molecule has 3 nitrogen and oxygen atoms in total. The van der Waals surface area contributed by atoms with Gasteiger partial charge in [-0.1, -0.05) is 30.3 Å². The number of hydrogen-bond acceptors (Lipinski definition) is 3. The summed E-state index contributed by atoms with van der Waals surface area (Å²) in [5, 5.41) is 12.0. The Hall–Kier alpha value is -1.47. The Balaban J connectivity index is 1.92. The standard InChI is InChI=1S/C14H16N2OS/c15-8-13(12-4-2-1-3-5-12)14(17)16-9-11-6-7-18-10-11/h1-5,11,13H,6-7,9-10H2,(H,16,17). The molecule has 0 saturated carbocycles. The van der Waals surface area contributed by atoms with Crippen molar-refractivity contribution < 1.29 is 4.79 Å². The minimum absolute atomic E-state index is 0.180. The van der Waals surface area contributed by atoms with Gasteiger partial charge in [-0.05, 0) is 29.4 Å². The van der Waals surface area contributed by atoms with E-state index in [9.17, 15) is 4.79 Å². The SMILES string of the molecule is N#CC(C(=O)NCC1CCSC1)c1ccccc1. The second-order valence-electron chi connectivity index (χ2n) is 4.45. The lowest BCUT2D eigenvalue weighted by atomic mass is 9.99. The zero-order valence-electron chi connectivity index (χ0n) is 10.1. The summed E-state index contributed by atoms with van der Waals surface area (Å²) in [6, 6.07) is 11.3. The number of nitriles is 1. The molecule has 2 unspecified atom stereocenters. The molecule has 1 heterocycles. The molecule has 0 aromatic heterocycles. The van der Waals surface area contributed by atoms with Crippen LogP contribution < -0.4 is 5.32 Å². The molecule has 1 N–H and O–H groups in total. The molecule has 2 rings (SSSR count). The predicted octanol–water partition coefficient (Wildman–Crippen LogP) is 2.16. The van der Waals surface area contributed by atoms with Crippen LogP contribution in [0.2, 0.25) is 0 Å². The number of carbonyl (C=O) groups excluding carboxylic acids is 1. The average Bonchev–Trinajstić information content (AvgIpc) is 2.92. The first kappa shape index (κ1) is 13.0. The summed E-state index contributed by atoms with van der Waals surface area (Å²) in [5.41, 5.74) is 0.762. The Morgan fingerprint density at radius 3 is 2.89 bits per heavy atom. The molecule has 94 valence electrons. The number of nitrogens with zero attached hydrogens (tertiary/aromatic N) is 1. The molecule has 18 heavy (non-hydrogen) atoms. The first-order valence-electron chi connectivity index (χ1n) is 6.11. The lowest BCUT2D eigenvalue weighted by Gasteiger charge is -2.13. The van der Waals surface area contributed by atoms with E-state index in [1.54, 1.807) is 0 Å². The van der Waals surface area contributed by atoms with E-state index in [0.29, 0.717) is 12.5 Å². The molecule has 0 spiro atoms. The van der Waals surface area contributed by atoms with Crippen LogP contribution in [0.15, 0.2) is 30.3 Å². The third-order valence-electron chi connectivity index (χ3n) is 3.11. The van der Waals surface area contributed by atoms with Crippen LogP contribution in [0.4, 0.5) is 0 Å². The van der Waals surface area contributed by atoms with Gasteiger partial charge in [0.1, 0.15) is 5.92 Å². The Morgan fingerprint density at radius 1 is 1.50 bits per heavy atom. The van der Waals surface area contributed by atoms with Gasteiger partial charge in [0.2, 0.25) is 5.91 Å². The Morgan fingerprint density at radius 2 is 2.28 bits per heavy atom. The quantitative estimate of drug-likeness (QED) is 0.902. The lowest BCUT2D eigenvalue weighted by Crippen LogP contribution is -2.33. The first-order chi connectivity index (χ1) is 8.81. The largest absolute Gasteiger partial charge is 0.354 e. The average molecular weight is 260 g/mol. The number of benzene rings is 1. The summed E-state index contributed by atoms with van der Waals surface area (Å²) >= 11 is 1.93. The van der Waals surface area contributed by atoms with Gasteiger partial charge in [0.25, 0.3) is 0 Å². The smallest absolute Gasteiger partial charge is 0.241 e. The highest BCUT2D eigenvalue weighted by Crippen LogP contribution is 2.23. The monoisotopic (exact) mass is 260 g/mol. The van der Waals surface area contributed by atoms with Gasteiger partial charge in [-0.3, -0.25) is 4.79 Å². The van der Waals surface area contributed by atoms with E-state index in [4.69, 9.17) is 5.26 Å². The number of rotatable bonds is 4. The molecule has 1 aromatic rings. The predicted molar refractivity (Wildman–Crippen MR) is 73.2 cm³/mol. The summed E-state index contributed by atoms with van der Waals surface area (Å²) < 4.78 is 0. The van der Waals surface area contributed by atoms with Gasteiger partial charge in [0, 0.05) is 6.54 Å². The van der Waals surface area contributed by atoms with Gasteiger partial charge in [-0.15, -0.1) is 0 Å². The Bertz CT molecular complexity index is 435. The van der Waals surface area contributed by atoms with Gasteiger partial charge < -0.3 is 5.32 Å². The summed E-state index contributed by atoms with van der Waals surface area (Å²) in [6.45, 7) is 0.691. The minimum atomic E-state index is -0.694. The molecular weight excluding hydrogens is 244 g/mol. The number of amides is 1. The molecule has 1 saturated heterocycles. The fourth-order valence-corrected chi connectivity index (χ4v) is 3.31. The Kier molecular flexibility index (Phi) is 4.66. The maximum atomic E-state index is 12.0. The van der Waals surface area contributed by atoms with Crippen molar-refractivity contribution in [1.29, 1.82) is 5.26 Å². The molecular formula is C14H16N2OS. The molecule has 4 heteroatoms. The second-order valence-corrected chi connectivity index (χ2v) is 5.60. The molecule has 1 amide bonds. The van der Waals surface area contributed by atoms with E-state index in [1.165, 1.54) is 5.75 Å². The van der Waals surface area contributed by atoms with Crippen LogP contribution in [0.1, 0.15) is 17.9 Å². The van der Waals surface area contributed by atoms with Crippen molar-refractivity contribution in [2.45, 2.75) is 12.3 Å². The summed E-state index contributed by atoms with van der Waals surface area (Å²) in [7, 11) is 0. The molecule has 2 atom stereocenters. The van der Waals surface area contributed by atoms with Crippen LogP contribution in [0.3, 0.4) is 0 Å². The molecule has 0 bridgehead atoms. The normalized spacial score (nSPS) is 20.1. The number of nitrogens with one attached hydrogen (secondary N) is 1.